The molecule has 134 valence electrons. The average Bonchev–Trinajstić information content (AvgIpc) is 2.72. The molecule has 0 aliphatic carbocycles. The number of ether oxygens (including phenoxy) is 1. The highest BCUT2D eigenvalue weighted by Gasteiger charge is 2.41. The van der Waals surface area contributed by atoms with Gasteiger partial charge >= 0.3 is 5.69 Å². The van der Waals surface area contributed by atoms with E-state index in [1.807, 2.05) is 6.92 Å². The topological polar surface area (TPSA) is 79.4 Å². The number of hydrogen-bond acceptors (Lipinski definition) is 5. The lowest BCUT2D eigenvalue weighted by molar-refractivity contribution is -0.0284. The van der Waals surface area contributed by atoms with E-state index >= 15 is 0 Å². The van der Waals surface area contributed by atoms with Gasteiger partial charge in [0.15, 0.2) is 8.32 Å². The Balaban J connectivity index is 2.13. The van der Waals surface area contributed by atoms with Crippen molar-refractivity contribution in [2.75, 3.05) is 12.3 Å². The summed E-state index contributed by atoms with van der Waals surface area (Å²) in [4.78, 5) is 15.8. The first-order valence-corrected chi connectivity index (χ1v) is 11.2. The van der Waals surface area contributed by atoms with Gasteiger partial charge in [0.05, 0.1) is 6.61 Å². The summed E-state index contributed by atoms with van der Waals surface area (Å²) in [5.74, 6) is 0.208. The van der Waals surface area contributed by atoms with E-state index in [0.29, 0.717) is 6.61 Å². The van der Waals surface area contributed by atoms with E-state index in [-0.39, 0.29) is 22.9 Å². The molecule has 0 spiro atoms. The zero-order valence-corrected chi connectivity index (χ0v) is 16.5. The molecule has 0 amide bonds. The fraction of sp³-hybridized carbons (Fsp3) is 0.647. The van der Waals surface area contributed by atoms with E-state index in [1.54, 1.807) is 12.3 Å². The first kappa shape index (κ1) is 18.9. The third-order valence-electron chi connectivity index (χ3n) is 5.26. The van der Waals surface area contributed by atoms with Crippen LogP contribution in [0.25, 0.3) is 0 Å². The maximum absolute atomic E-state index is 12.1. The van der Waals surface area contributed by atoms with Crippen molar-refractivity contribution < 1.29 is 9.16 Å². The summed E-state index contributed by atoms with van der Waals surface area (Å²) in [6.45, 7) is 17.6. The number of rotatable bonds is 4. The van der Waals surface area contributed by atoms with Crippen LogP contribution in [0, 0.1) is 5.92 Å². The van der Waals surface area contributed by atoms with Gasteiger partial charge < -0.3 is 14.9 Å². The van der Waals surface area contributed by atoms with Crippen LogP contribution in [0.1, 0.15) is 33.9 Å². The lowest BCUT2D eigenvalue weighted by atomic mass is 10.0. The molecule has 2 rings (SSSR count). The molecule has 1 aliphatic heterocycles. The van der Waals surface area contributed by atoms with Crippen molar-refractivity contribution in [3.8, 4) is 0 Å². The number of nitrogens with two attached hydrogens (primary N) is 1. The number of anilines is 1. The summed E-state index contributed by atoms with van der Waals surface area (Å²) in [5.41, 5.74) is 6.09. The molecule has 1 aromatic rings. The summed E-state index contributed by atoms with van der Waals surface area (Å²) in [5, 5.41) is 0.135. The van der Waals surface area contributed by atoms with Crippen LogP contribution in [0.4, 0.5) is 5.82 Å². The third kappa shape index (κ3) is 3.63. The van der Waals surface area contributed by atoms with Crippen LogP contribution in [-0.4, -0.2) is 30.6 Å². The molecule has 24 heavy (non-hydrogen) atoms. The van der Waals surface area contributed by atoms with Gasteiger partial charge in [-0.25, -0.2) is 4.79 Å². The number of hydrogen-bond donors (Lipinski definition) is 1. The zero-order valence-electron chi connectivity index (χ0n) is 15.5. The van der Waals surface area contributed by atoms with E-state index in [9.17, 15) is 4.79 Å². The van der Waals surface area contributed by atoms with Gasteiger partial charge in [-0.3, -0.25) is 4.57 Å². The summed E-state index contributed by atoms with van der Waals surface area (Å²) < 4.78 is 13.8. The van der Waals surface area contributed by atoms with Crippen LogP contribution >= 0.6 is 0 Å². The molecule has 2 N–H and O–H groups in total. The van der Waals surface area contributed by atoms with Crippen LogP contribution in [0.3, 0.4) is 0 Å². The lowest BCUT2D eigenvalue weighted by Gasteiger charge is -2.37. The minimum Gasteiger partial charge on any atom is -0.414 e. The quantitative estimate of drug-likeness (QED) is 0.666. The van der Waals surface area contributed by atoms with Gasteiger partial charge in [0, 0.05) is 12.1 Å². The predicted molar refractivity (Wildman–Crippen MR) is 98.3 cm³/mol. The molecule has 0 saturated carbocycles. The van der Waals surface area contributed by atoms with Crippen molar-refractivity contribution in [2.24, 2.45) is 5.92 Å². The highest BCUT2D eigenvalue weighted by molar-refractivity contribution is 6.74. The third-order valence-corrected chi connectivity index (χ3v) is 9.76. The molecule has 0 aromatic carbocycles. The van der Waals surface area contributed by atoms with Gasteiger partial charge in [-0.1, -0.05) is 34.3 Å². The van der Waals surface area contributed by atoms with Crippen molar-refractivity contribution in [3.63, 3.8) is 0 Å². The second-order valence-electron chi connectivity index (χ2n) is 7.99. The fourth-order valence-electron chi connectivity index (χ4n) is 2.42. The summed E-state index contributed by atoms with van der Waals surface area (Å²) in [6.07, 6.45) is 0.977. The number of aromatic nitrogens is 2. The molecule has 1 aliphatic rings. The Morgan fingerprint density at radius 2 is 2.08 bits per heavy atom. The van der Waals surface area contributed by atoms with Crippen LogP contribution in [0.5, 0.6) is 0 Å². The van der Waals surface area contributed by atoms with Gasteiger partial charge in [0.2, 0.25) is 0 Å². The number of nitrogen functional groups attached to an aromatic ring is 1. The first-order valence-electron chi connectivity index (χ1n) is 8.27. The maximum Gasteiger partial charge on any atom is 0.351 e. The Labute approximate surface area is 144 Å². The van der Waals surface area contributed by atoms with E-state index in [1.165, 1.54) is 4.57 Å². The van der Waals surface area contributed by atoms with Gasteiger partial charge in [0.25, 0.3) is 0 Å². The van der Waals surface area contributed by atoms with Crippen LogP contribution in [0.2, 0.25) is 18.1 Å². The van der Waals surface area contributed by atoms with Crippen molar-refractivity contribution in [1.29, 1.82) is 0 Å². The Hall–Kier alpha value is -1.44. The highest BCUT2D eigenvalue weighted by Crippen LogP contribution is 2.40. The van der Waals surface area contributed by atoms with Crippen molar-refractivity contribution in [3.05, 3.63) is 34.9 Å². The molecule has 0 unspecified atom stereocenters. The molecule has 1 aromatic heterocycles. The molecule has 0 radical (unpaired) electrons. The molecular formula is C17H29N3O3Si. The minimum atomic E-state index is -1.86. The molecule has 1 fully saturated rings. The predicted octanol–water partition coefficient (Wildman–Crippen LogP) is 2.94. The second kappa shape index (κ2) is 6.46. The standard InChI is InChI=1S/C17H29N3O3Si/c1-11-12(2)15(20-9-8-14(18)19-16(20)21)23-13(11)10-22-24(6,7)17(3,4)5/h8-9,12-13,15H,1,10H2,2-7H3,(H2,18,19,21)/t12-,13-,15-/m0/s1. The monoisotopic (exact) mass is 351 g/mol. The normalized spacial score (nSPS) is 25.2. The van der Waals surface area contributed by atoms with E-state index < -0.39 is 20.2 Å². The number of nitrogens with zero attached hydrogens (tertiary/aromatic N) is 2. The van der Waals surface area contributed by atoms with E-state index in [2.05, 4.69) is 45.4 Å². The van der Waals surface area contributed by atoms with Gasteiger partial charge in [-0.05, 0) is 29.8 Å². The summed E-state index contributed by atoms with van der Waals surface area (Å²) >= 11 is 0. The molecule has 1 saturated heterocycles. The Kier molecular flexibility index (Phi) is 5.08. The van der Waals surface area contributed by atoms with Crippen molar-refractivity contribution >= 4 is 14.1 Å². The minimum absolute atomic E-state index is 0.00106. The molecule has 7 heteroatoms. The molecular weight excluding hydrogens is 322 g/mol. The Bertz CT molecular complexity index is 678. The lowest BCUT2D eigenvalue weighted by Crippen LogP contribution is -2.42. The SMILES string of the molecule is C=C1[C@H](CO[Si](C)(C)C(C)(C)C)O[C@H](n2ccc(N)nc2=O)[C@H]1C. The van der Waals surface area contributed by atoms with Crippen LogP contribution in [-0.2, 0) is 9.16 Å². The van der Waals surface area contributed by atoms with Gasteiger partial charge in [-0.15, -0.1) is 0 Å². The molecule has 3 atom stereocenters. The first-order chi connectivity index (χ1) is 10.9. The van der Waals surface area contributed by atoms with E-state index in [0.717, 1.165) is 5.57 Å². The van der Waals surface area contributed by atoms with Gasteiger partial charge in [-0.2, -0.15) is 4.98 Å². The summed E-state index contributed by atoms with van der Waals surface area (Å²) in [7, 11) is -1.86. The average molecular weight is 352 g/mol. The van der Waals surface area contributed by atoms with Gasteiger partial charge in [0.1, 0.15) is 18.1 Å². The maximum atomic E-state index is 12.1. The zero-order chi connectivity index (χ0) is 18.3. The van der Waals surface area contributed by atoms with Crippen LogP contribution in [0.15, 0.2) is 29.2 Å². The Morgan fingerprint density at radius 1 is 1.46 bits per heavy atom. The largest absolute Gasteiger partial charge is 0.414 e. The van der Waals surface area contributed by atoms with Crippen molar-refractivity contribution in [1.82, 2.24) is 9.55 Å². The molecule has 6 nitrogen and oxygen atoms in total. The molecule has 0 bridgehead atoms. The van der Waals surface area contributed by atoms with Crippen LogP contribution < -0.4 is 11.4 Å². The second-order valence-corrected chi connectivity index (χ2v) is 12.8. The Morgan fingerprint density at radius 3 is 2.62 bits per heavy atom. The highest BCUT2D eigenvalue weighted by atomic mass is 28.4. The smallest absolute Gasteiger partial charge is 0.351 e. The van der Waals surface area contributed by atoms with E-state index in [4.69, 9.17) is 14.9 Å². The fourth-order valence-corrected chi connectivity index (χ4v) is 3.42. The molecule has 2 heterocycles. The summed E-state index contributed by atoms with van der Waals surface area (Å²) in [6, 6.07) is 1.60. The van der Waals surface area contributed by atoms with Crippen molar-refractivity contribution in [2.45, 2.75) is 58.2 Å².